The normalized spacial score (nSPS) is 20.6. The highest BCUT2D eigenvalue weighted by Crippen LogP contribution is 2.35. The van der Waals surface area contributed by atoms with Gasteiger partial charge in [-0.25, -0.2) is 0 Å². The Hall–Kier alpha value is -3.31. The van der Waals surface area contributed by atoms with E-state index in [0.717, 1.165) is 36.5 Å². The standard InChI is InChI=1S/C26H26N2O3/c1-27-23-16-28(15-18-7-4-3-5-8-18)17-25(23)31-24-14-20(11-12-22(24)26(27)29)19-9-6-10-21(13-19)30-2/h3-14,23,25H,15-17H2,1-2H3. The Morgan fingerprint density at radius 3 is 2.58 bits per heavy atom. The van der Waals surface area contributed by atoms with Crippen LogP contribution < -0.4 is 9.47 Å². The lowest BCUT2D eigenvalue weighted by Crippen LogP contribution is -2.44. The highest BCUT2D eigenvalue weighted by molar-refractivity contribution is 5.98. The summed E-state index contributed by atoms with van der Waals surface area (Å²) in [7, 11) is 3.55. The third kappa shape index (κ3) is 3.77. The van der Waals surface area contributed by atoms with Crippen molar-refractivity contribution in [1.82, 2.24) is 9.80 Å². The van der Waals surface area contributed by atoms with Crippen LogP contribution in [0.15, 0.2) is 72.8 Å². The molecule has 1 amide bonds. The van der Waals surface area contributed by atoms with Gasteiger partial charge in [0.15, 0.2) is 0 Å². The quantitative estimate of drug-likeness (QED) is 0.645. The Balaban J connectivity index is 1.43. The van der Waals surface area contributed by atoms with Crippen molar-refractivity contribution in [2.45, 2.75) is 18.7 Å². The van der Waals surface area contributed by atoms with Gasteiger partial charge in [-0.15, -0.1) is 0 Å². The van der Waals surface area contributed by atoms with Crippen molar-refractivity contribution >= 4 is 5.91 Å². The number of carbonyl (C=O) groups is 1. The van der Waals surface area contributed by atoms with Crippen LogP contribution in [0.3, 0.4) is 0 Å². The summed E-state index contributed by atoms with van der Waals surface area (Å²) in [5.74, 6) is 1.48. The third-order valence-electron chi connectivity index (χ3n) is 6.27. The van der Waals surface area contributed by atoms with Gasteiger partial charge in [0, 0.05) is 26.7 Å². The summed E-state index contributed by atoms with van der Waals surface area (Å²) in [5, 5.41) is 0. The smallest absolute Gasteiger partial charge is 0.257 e. The van der Waals surface area contributed by atoms with E-state index in [4.69, 9.17) is 9.47 Å². The molecular formula is C26H26N2O3. The van der Waals surface area contributed by atoms with Gasteiger partial charge in [0.25, 0.3) is 5.91 Å². The van der Waals surface area contributed by atoms with Crippen molar-refractivity contribution in [2.24, 2.45) is 0 Å². The maximum Gasteiger partial charge on any atom is 0.257 e. The first kappa shape index (κ1) is 19.6. The number of methoxy groups -OCH3 is 1. The molecule has 5 nitrogen and oxygen atoms in total. The average molecular weight is 415 g/mol. The number of amides is 1. The summed E-state index contributed by atoms with van der Waals surface area (Å²) in [6.45, 7) is 2.45. The van der Waals surface area contributed by atoms with Gasteiger partial charge in [-0.1, -0.05) is 48.5 Å². The first-order valence-corrected chi connectivity index (χ1v) is 10.6. The van der Waals surface area contributed by atoms with E-state index >= 15 is 0 Å². The van der Waals surface area contributed by atoms with Crippen LogP contribution in [0.5, 0.6) is 11.5 Å². The lowest BCUT2D eigenvalue weighted by Gasteiger charge is -2.25. The van der Waals surface area contributed by atoms with E-state index in [1.807, 2.05) is 60.5 Å². The Kier molecular flexibility index (Phi) is 5.12. The minimum absolute atomic E-state index is 0.0150. The molecule has 0 saturated carbocycles. The summed E-state index contributed by atoms with van der Waals surface area (Å²) >= 11 is 0. The molecule has 1 fully saturated rings. The summed E-state index contributed by atoms with van der Waals surface area (Å²) in [5.41, 5.74) is 3.93. The highest BCUT2D eigenvalue weighted by Gasteiger charge is 2.42. The number of likely N-dealkylation sites (N-methyl/N-ethyl adjacent to an activating group) is 1. The zero-order chi connectivity index (χ0) is 21.4. The molecule has 2 aliphatic rings. The minimum atomic E-state index is -0.0560. The maximum atomic E-state index is 13.2. The van der Waals surface area contributed by atoms with E-state index in [9.17, 15) is 4.79 Å². The van der Waals surface area contributed by atoms with Gasteiger partial charge in [-0.2, -0.15) is 0 Å². The minimum Gasteiger partial charge on any atom is -0.497 e. The number of carbonyl (C=O) groups excluding carboxylic acids is 1. The number of hydrogen-bond acceptors (Lipinski definition) is 4. The van der Waals surface area contributed by atoms with E-state index in [1.54, 1.807) is 7.11 Å². The van der Waals surface area contributed by atoms with Crippen LogP contribution in [0, 0.1) is 0 Å². The zero-order valence-electron chi connectivity index (χ0n) is 17.8. The van der Waals surface area contributed by atoms with Gasteiger partial charge in [0.1, 0.15) is 17.6 Å². The Morgan fingerprint density at radius 1 is 0.968 bits per heavy atom. The van der Waals surface area contributed by atoms with Gasteiger partial charge in [-0.3, -0.25) is 9.69 Å². The van der Waals surface area contributed by atoms with Crippen LogP contribution in [-0.4, -0.2) is 55.1 Å². The molecular weight excluding hydrogens is 388 g/mol. The van der Waals surface area contributed by atoms with Crippen molar-refractivity contribution < 1.29 is 14.3 Å². The second-order valence-corrected chi connectivity index (χ2v) is 8.26. The molecule has 0 aromatic heterocycles. The van der Waals surface area contributed by atoms with E-state index < -0.39 is 0 Å². The molecule has 31 heavy (non-hydrogen) atoms. The van der Waals surface area contributed by atoms with Gasteiger partial charge in [-0.05, 0) is 41.0 Å². The van der Waals surface area contributed by atoms with E-state index in [2.05, 4.69) is 29.2 Å². The van der Waals surface area contributed by atoms with Gasteiger partial charge in [0.2, 0.25) is 0 Å². The average Bonchev–Trinajstić information content (AvgIpc) is 3.16. The van der Waals surface area contributed by atoms with Crippen LogP contribution in [0.2, 0.25) is 0 Å². The van der Waals surface area contributed by atoms with Crippen LogP contribution in [0.25, 0.3) is 11.1 Å². The number of hydrogen-bond donors (Lipinski definition) is 0. The molecule has 3 aromatic carbocycles. The van der Waals surface area contributed by atoms with Crippen LogP contribution >= 0.6 is 0 Å². The van der Waals surface area contributed by atoms with Crippen molar-refractivity contribution in [2.75, 3.05) is 27.2 Å². The first-order chi connectivity index (χ1) is 15.1. The first-order valence-electron chi connectivity index (χ1n) is 10.6. The molecule has 3 aromatic rings. The molecule has 1 saturated heterocycles. The fourth-order valence-corrected chi connectivity index (χ4v) is 4.57. The van der Waals surface area contributed by atoms with Crippen molar-refractivity contribution in [3.8, 4) is 22.6 Å². The predicted molar refractivity (Wildman–Crippen MR) is 120 cm³/mol. The topological polar surface area (TPSA) is 42.0 Å². The van der Waals surface area contributed by atoms with E-state index in [-0.39, 0.29) is 18.1 Å². The van der Waals surface area contributed by atoms with Gasteiger partial charge >= 0.3 is 0 Å². The summed E-state index contributed by atoms with van der Waals surface area (Å²) in [6.07, 6.45) is -0.0560. The molecule has 0 aliphatic carbocycles. The number of ether oxygens (including phenoxy) is 2. The zero-order valence-corrected chi connectivity index (χ0v) is 17.8. The number of likely N-dealkylation sites (tertiary alicyclic amines) is 1. The van der Waals surface area contributed by atoms with Gasteiger partial charge in [0.05, 0.1) is 18.7 Å². The molecule has 0 radical (unpaired) electrons. The summed E-state index contributed by atoms with van der Waals surface area (Å²) < 4.78 is 11.8. The van der Waals surface area contributed by atoms with Gasteiger partial charge < -0.3 is 14.4 Å². The lowest BCUT2D eigenvalue weighted by molar-refractivity contribution is 0.0682. The number of fused-ring (bicyclic) bond motifs is 2. The largest absolute Gasteiger partial charge is 0.497 e. The van der Waals surface area contributed by atoms with Crippen LogP contribution in [0.1, 0.15) is 15.9 Å². The molecule has 2 aliphatic heterocycles. The van der Waals surface area contributed by atoms with Crippen molar-refractivity contribution in [3.63, 3.8) is 0 Å². The van der Waals surface area contributed by atoms with Crippen LogP contribution in [0.4, 0.5) is 0 Å². The Morgan fingerprint density at radius 2 is 1.77 bits per heavy atom. The monoisotopic (exact) mass is 414 g/mol. The molecule has 0 bridgehead atoms. The predicted octanol–water partition coefficient (Wildman–Crippen LogP) is 4.08. The number of nitrogens with zero attached hydrogens (tertiary/aromatic N) is 2. The highest BCUT2D eigenvalue weighted by atomic mass is 16.5. The molecule has 2 atom stereocenters. The maximum absolute atomic E-state index is 13.2. The van der Waals surface area contributed by atoms with E-state index in [1.165, 1.54) is 5.56 Å². The van der Waals surface area contributed by atoms with E-state index in [0.29, 0.717) is 11.3 Å². The molecule has 2 heterocycles. The summed E-state index contributed by atoms with van der Waals surface area (Å²) in [4.78, 5) is 17.4. The Bertz CT molecular complexity index is 1100. The van der Waals surface area contributed by atoms with Crippen molar-refractivity contribution in [1.29, 1.82) is 0 Å². The second-order valence-electron chi connectivity index (χ2n) is 8.26. The molecule has 2 unspecified atom stereocenters. The fourth-order valence-electron chi connectivity index (χ4n) is 4.57. The van der Waals surface area contributed by atoms with Crippen molar-refractivity contribution in [3.05, 3.63) is 83.9 Å². The fraction of sp³-hybridized carbons (Fsp3) is 0.269. The third-order valence-corrected chi connectivity index (χ3v) is 6.27. The van der Waals surface area contributed by atoms with Crippen LogP contribution in [-0.2, 0) is 6.54 Å². The molecule has 5 heteroatoms. The second kappa shape index (κ2) is 8.08. The molecule has 0 N–H and O–H groups in total. The molecule has 5 rings (SSSR count). The SMILES string of the molecule is COc1cccc(-c2ccc3c(c2)OC2CN(Cc4ccccc4)CC2N(C)C3=O)c1. The summed E-state index contributed by atoms with van der Waals surface area (Å²) in [6, 6.07) is 24.2. The molecule has 158 valence electrons. The number of rotatable bonds is 4. The number of benzene rings is 3. The lowest BCUT2D eigenvalue weighted by atomic mass is 10.0. The molecule has 0 spiro atoms. The Labute approximate surface area is 182 Å².